The van der Waals surface area contributed by atoms with Gasteiger partial charge in [-0.1, -0.05) is 6.07 Å². The van der Waals surface area contributed by atoms with Crippen LogP contribution in [0.25, 0.3) is 0 Å². The Labute approximate surface area is 118 Å². The molecule has 0 aliphatic rings. The first kappa shape index (κ1) is 14.1. The van der Waals surface area contributed by atoms with E-state index in [2.05, 4.69) is 4.99 Å². The number of nitrogens with zero attached hydrogens (tertiary/aromatic N) is 3. The maximum absolute atomic E-state index is 10.7. The van der Waals surface area contributed by atoms with Gasteiger partial charge in [-0.3, -0.25) is 25.2 Å². The zero-order valence-electron chi connectivity index (χ0n) is 10.5. The van der Waals surface area contributed by atoms with Gasteiger partial charge in [0.15, 0.2) is 0 Å². The van der Waals surface area contributed by atoms with Gasteiger partial charge in [0.2, 0.25) is 0 Å². The lowest BCUT2D eigenvalue weighted by molar-refractivity contribution is -0.385. The summed E-state index contributed by atoms with van der Waals surface area (Å²) in [6.07, 6.45) is 1.21. The van der Waals surface area contributed by atoms with E-state index in [0.717, 1.165) is 6.07 Å². The average molecular weight is 287 g/mol. The SMILES string of the molecule is O=[N+]([O-])c1cccc(N=Cc2cc([N+](=O)[O-])ccc2O)c1. The fourth-order valence-corrected chi connectivity index (χ4v) is 1.59. The maximum atomic E-state index is 10.7. The van der Waals surface area contributed by atoms with Crippen LogP contribution in [0.4, 0.5) is 17.1 Å². The molecule has 8 heteroatoms. The number of non-ortho nitro benzene ring substituents is 2. The van der Waals surface area contributed by atoms with Crippen molar-refractivity contribution in [2.24, 2.45) is 4.99 Å². The summed E-state index contributed by atoms with van der Waals surface area (Å²) >= 11 is 0. The zero-order valence-corrected chi connectivity index (χ0v) is 10.5. The van der Waals surface area contributed by atoms with Crippen molar-refractivity contribution in [3.05, 3.63) is 68.3 Å². The van der Waals surface area contributed by atoms with Crippen molar-refractivity contribution in [2.75, 3.05) is 0 Å². The Kier molecular flexibility index (Phi) is 3.89. The molecule has 0 atom stereocenters. The number of benzene rings is 2. The lowest BCUT2D eigenvalue weighted by Gasteiger charge is -1.99. The quantitative estimate of drug-likeness (QED) is 0.526. The number of nitro groups is 2. The van der Waals surface area contributed by atoms with Crippen LogP contribution in [-0.4, -0.2) is 21.2 Å². The molecule has 2 rings (SSSR count). The maximum Gasteiger partial charge on any atom is 0.271 e. The molecule has 0 bridgehead atoms. The van der Waals surface area contributed by atoms with Gasteiger partial charge in [0, 0.05) is 36.0 Å². The molecular weight excluding hydrogens is 278 g/mol. The fourth-order valence-electron chi connectivity index (χ4n) is 1.59. The van der Waals surface area contributed by atoms with Crippen molar-refractivity contribution in [3.63, 3.8) is 0 Å². The summed E-state index contributed by atoms with van der Waals surface area (Å²) in [6, 6.07) is 9.11. The minimum absolute atomic E-state index is 0.118. The van der Waals surface area contributed by atoms with Crippen LogP contribution in [0.1, 0.15) is 5.56 Å². The lowest BCUT2D eigenvalue weighted by atomic mass is 10.2. The van der Waals surface area contributed by atoms with Crippen LogP contribution in [0.15, 0.2) is 47.5 Å². The number of phenolic OH excluding ortho intramolecular Hbond substituents is 1. The summed E-state index contributed by atoms with van der Waals surface area (Å²) in [5.41, 5.74) is 0.145. The van der Waals surface area contributed by atoms with Crippen LogP contribution in [-0.2, 0) is 0 Å². The molecule has 0 amide bonds. The largest absolute Gasteiger partial charge is 0.507 e. The molecule has 0 spiro atoms. The second-order valence-corrected chi connectivity index (χ2v) is 4.04. The second kappa shape index (κ2) is 5.78. The van der Waals surface area contributed by atoms with Crippen LogP contribution in [0.2, 0.25) is 0 Å². The lowest BCUT2D eigenvalue weighted by Crippen LogP contribution is -1.90. The minimum Gasteiger partial charge on any atom is -0.507 e. The molecule has 0 fully saturated rings. The summed E-state index contributed by atoms with van der Waals surface area (Å²) in [5.74, 6) is -0.171. The highest BCUT2D eigenvalue weighted by molar-refractivity contribution is 5.86. The van der Waals surface area contributed by atoms with Gasteiger partial charge in [-0.25, -0.2) is 0 Å². The average Bonchev–Trinajstić information content (AvgIpc) is 2.46. The molecule has 0 radical (unpaired) electrons. The highest BCUT2D eigenvalue weighted by Gasteiger charge is 2.09. The number of rotatable bonds is 4. The number of phenols is 1. The Hall–Kier alpha value is -3.29. The molecule has 0 aromatic heterocycles. The molecule has 0 saturated carbocycles. The predicted octanol–water partition coefficient (Wildman–Crippen LogP) is 2.96. The Balaban J connectivity index is 2.33. The van der Waals surface area contributed by atoms with E-state index in [1.165, 1.54) is 42.6 Å². The van der Waals surface area contributed by atoms with Crippen molar-refractivity contribution in [1.82, 2.24) is 0 Å². The Bertz CT molecular complexity index is 742. The van der Waals surface area contributed by atoms with Gasteiger partial charge in [-0.15, -0.1) is 0 Å². The van der Waals surface area contributed by atoms with E-state index in [1.54, 1.807) is 0 Å². The van der Waals surface area contributed by atoms with Crippen LogP contribution in [0, 0.1) is 20.2 Å². The molecule has 0 heterocycles. The summed E-state index contributed by atoms with van der Waals surface area (Å²) in [5, 5.41) is 30.9. The normalized spacial score (nSPS) is 10.7. The van der Waals surface area contributed by atoms with Crippen LogP contribution in [0.3, 0.4) is 0 Å². The topological polar surface area (TPSA) is 119 Å². The van der Waals surface area contributed by atoms with E-state index >= 15 is 0 Å². The molecule has 106 valence electrons. The summed E-state index contributed by atoms with van der Waals surface area (Å²) in [4.78, 5) is 24.1. The smallest absolute Gasteiger partial charge is 0.271 e. The monoisotopic (exact) mass is 287 g/mol. The molecular formula is C13H9N3O5. The number of aromatic hydroxyl groups is 1. The molecule has 0 unspecified atom stereocenters. The summed E-state index contributed by atoms with van der Waals surface area (Å²) < 4.78 is 0. The van der Waals surface area contributed by atoms with Gasteiger partial charge in [-0.05, 0) is 12.1 Å². The summed E-state index contributed by atoms with van der Waals surface area (Å²) in [7, 11) is 0. The van der Waals surface area contributed by atoms with Crippen molar-refractivity contribution in [2.45, 2.75) is 0 Å². The highest BCUT2D eigenvalue weighted by atomic mass is 16.6. The van der Waals surface area contributed by atoms with Gasteiger partial charge in [-0.2, -0.15) is 0 Å². The molecule has 0 aliphatic carbocycles. The van der Waals surface area contributed by atoms with Crippen LogP contribution >= 0.6 is 0 Å². The molecule has 21 heavy (non-hydrogen) atoms. The third-order valence-electron chi connectivity index (χ3n) is 2.62. The van der Waals surface area contributed by atoms with E-state index in [0.29, 0.717) is 5.69 Å². The van der Waals surface area contributed by atoms with E-state index in [9.17, 15) is 25.3 Å². The molecule has 0 saturated heterocycles. The second-order valence-electron chi connectivity index (χ2n) is 4.04. The Morgan fingerprint density at radius 2 is 1.67 bits per heavy atom. The Morgan fingerprint density at radius 1 is 1.00 bits per heavy atom. The van der Waals surface area contributed by atoms with Gasteiger partial charge < -0.3 is 5.11 Å². The molecule has 1 N–H and O–H groups in total. The van der Waals surface area contributed by atoms with Gasteiger partial charge in [0.1, 0.15) is 5.75 Å². The van der Waals surface area contributed by atoms with Crippen molar-refractivity contribution in [1.29, 1.82) is 0 Å². The summed E-state index contributed by atoms with van der Waals surface area (Å²) in [6.45, 7) is 0. The first-order chi connectivity index (χ1) is 9.97. The first-order valence-electron chi connectivity index (χ1n) is 5.73. The van der Waals surface area contributed by atoms with Gasteiger partial charge in [0.25, 0.3) is 11.4 Å². The van der Waals surface area contributed by atoms with Crippen LogP contribution in [0.5, 0.6) is 5.75 Å². The highest BCUT2D eigenvalue weighted by Crippen LogP contribution is 2.23. The van der Waals surface area contributed by atoms with E-state index in [-0.39, 0.29) is 22.7 Å². The van der Waals surface area contributed by atoms with E-state index < -0.39 is 9.85 Å². The molecule has 2 aromatic carbocycles. The first-order valence-corrected chi connectivity index (χ1v) is 5.73. The van der Waals surface area contributed by atoms with Crippen molar-refractivity contribution < 1.29 is 15.0 Å². The number of nitro benzene ring substituents is 2. The third-order valence-corrected chi connectivity index (χ3v) is 2.62. The molecule has 2 aromatic rings. The number of aliphatic imine (C=N–C) groups is 1. The standard InChI is InChI=1S/C13H9N3O5/c17-13-5-4-12(16(20)21)6-9(13)8-14-10-2-1-3-11(7-10)15(18)19/h1-8,17H. The van der Waals surface area contributed by atoms with E-state index in [1.807, 2.05) is 0 Å². The van der Waals surface area contributed by atoms with Gasteiger partial charge in [0.05, 0.1) is 15.5 Å². The van der Waals surface area contributed by atoms with E-state index in [4.69, 9.17) is 0 Å². The van der Waals surface area contributed by atoms with Gasteiger partial charge >= 0.3 is 0 Å². The molecule has 8 nitrogen and oxygen atoms in total. The van der Waals surface area contributed by atoms with Crippen molar-refractivity contribution >= 4 is 23.3 Å². The minimum atomic E-state index is -0.593. The zero-order chi connectivity index (χ0) is 15.4. The fraction of sp³-hybridized carbons (Fsp3) is 0. The third kappa shape index (κ3) is 3.38. The number of hydrogen-bond acceptors (Lipinski definition) is 6. The predicted molar refractivity (Wildman–Crippen MR) is 75.1 cm³/mol. The van der Waals surface area contributed by atoms with Crippen molar-refractivity contribution in [3.8, 4) is 5.75 Å². The molecule has 0 aliphatic heterocycles. The van der Waals surface area contributed by atoms with Crippen LogP contribution < -0.4 is 0 Å². The number of hydrogen-bond donors (Lipinski definition) is 1. The Morgan fingerprint density at radius 3 is 2.33 bits per heavy atom.